The zero-order valence-electron chi connectivity index (χ0n) is 11.0. The van der Waals surface area contributed by atoms with Gasteiger partial charge in [0.05, 0.1) is 6.10 Å². The highest BCUT2D eigenvalue weighted by molar-refractivity contribution is 5.34. The molecule has 1 aromatic heterocycles. The second-order valence-corrected chi connectivity index (χ2v) is 5.33. The van der Waals surface area contributed by atoms with E-state index >= 15 is 0 Å². The van der Waals surface area contributed by atoms with Crippen molar-refractivity contribution in [3.63, 3.8) is 0 Å². The van der Waals surface area contributed by atoms with E-state index in [-0.39, 0.29) is 0 Å². The van der Waals surface area contributed by atoms with Crippen molar-refractivity contribution in [2.45, 2.75) is 37.7 Å². The van der Waals surface area contributed by atoms with E-state index in [1.165, 1.54) is 24.8 Å². The molecule has 0 saturated heterocycles. The lowest BCUT2D eigenvalue weighted by Gasteiger charge is -2.29. The summed E-state index contributed by atoms with van der Waals surface area (Å²) in [5.74, 6) is 0.656. The Bertz CT molecular complexity index is 534. The minimum absolute atomic E-state index is 0.417. The normalized spacial score (nSPS) is 16.9. The molecule has 1 atom stereocenters. The van der Waals surface area contributed by atoms with E-state index in [2.05, 4.69) is 23.2 Å². The number of hydrogen-bond donors (Lipinski definition) is 1. The molecule has 3 rings (SSSR count). The van der Waals surface area contributed by atoms with Crippen LogP contribution in [0.25, 0.3) is 0 Å². The average Bonchev–Trinajstić information content (AvgIpc) is 2.38. The fraction of sp³-hybridized carbons (Fsp3) is 0.353. The smallest absolute Gasteiger partial charge is 0.0833 e. The molecule has 0 amide bonds. The summed E-state index contributed by atoms with van der Waals surface area (Å²) in [6, 6.07) is 12.3. The molecule has 1 heterocycles. The van der Waals surface area contributed by atoms with E-state index < -0.39 is 6.10 Å². The number of hydrogen-bond acceptors (Lipinski definition) is 2. The van der Waals surface area contributed by atoms with Crippen LogP contribution in [-0.4, -0.2) is 10.1 Å². The molecule has 1 unspecified atom stereocenters. The summed E-state index contributed by atoms with van der Waals surface area (Å²) in [6.07, 6.45) is 7.64. The molecular formula is C17H19NO. The lowest BCUT2D eigenvalue weighted by Crippen LogP contribution is -2.14. The van der Waals surface area contributed by atoms with Gasteiger partial charge in [-0.05, 0) is 47.6 Å². The second kappa shape index (κ2) is 5.54. The summed E-state index contributed by atoms with van der Waals surface area (Å²) in [5, 5.41) is 10.5. The molecule has 2 aromatic rings. The molecule has 2 heteroatoms. The molecule has 1 aromatic carbocycles. The quantitative estimate of drug-likeness (QED) is 0.902. The summed E-state index contributed by atoms with van der Waals surface area (Å²) >= 11 is 0. The standard InChI is InChI=1S/C17H19NO/c19-17(12-13-8-10-18-11-9-13)16-7-2-1-6-15(16)14-4-3-5-14/h1-2,6-11,14,17,19H,3-5,12H2. The van der Waals surface area contributed by atoms with Gasteiger partial charge in [0.15, 0.2) is 0 Å². The fourth-order valence-electron chi connectivity index (χ4n) is 2.76. The monoisotopic (exact) mass is 253 g/mol. The molecule has 0 bridgehead atoms. The number of rotatable bonds is 4. The summed E-state index contributed by atoms with van der Waals surface area (Å²) in [4.78, 5) is 4.01. The number of aliphatic hydroxyl groups is 1. The summed E-state index contributed by atoms with van der Waals surface area (Å²) in [7, 11) is 0. The fourth-order valence-corrected chi connectivity index (χ4v) is 2.76. The van der Waals surface area contributed by atoms with Gasteiger partial charge in [-0.25, -0.2) is 0 Å². The van der Waals surface area contributed by atoms with Crippen LogP contribution in [0.3, 0.4) is 0 Å². The average molecular weight is 253 g/mol. The van der Waals surface area contributed by atoms with Gasteiger partial charge in [0.1, 0.15) is 0 Å². The number of pyridine rings is 1. The van der Waals surface area contributed by atoms with E-state index in [4.69, 9.17) is 0 Å². The maximum atomic E-state index is 10.5. The van der Waals surface area contributed by atoms with Gasteiger partial charge in [0, 0.05) is 18.8 Å². The molecule has 2 nitrogen and oxygen atoms in total. The summed E-state index contributed by atoms with van der Waals surface area (Å²) < 4.78 is 0. The highest BCUT2D eigenvalue weighted by Crippen LogP contribution is 2.39. The molecule has 0 aliphatic heterocycles. The largest absolute Gasteiger partial charge is 0.388 e. The van der Waals surface area contributed by atoms with Crippen molar-refractivity contribution in [3.8, 4) is 0 Å². The first-order valence-electron chi connectivity index (χ1n) is 7.00. The lowest BCUT2D eigenvalue weighted by molar-refractivity contribution is 0.175. The molecule has 1 aliphatic carbocycles. The van der Waals surface area contributed by atoms with E-state index in [1.807, 2.05) is 18.2 Å². The van der Waals surface area contributed by atoms with Crippen molar-refractivity contribution < 1.29 is 5.11 Å². The van der Waals surface area contributed by atoms with Crippen molar-refractivity contribution in [2.75, 3.05) is 0 Å². The van der Waals surface area contributed by atoms with E-state index in [0.29, 0.717) is 12.3 Å². The number of aliphatic hydroxyl groups excluding tert-OH is 1. The van der Waals surface area contributed by atoms with Gasteiger partial charge < -0.3 is 5.11 Å². The maximum Gasteiger partial charge on any atom is 0.0833 e. The Morgan fingerprint density at radius 3 is 2.53 bits per heavy atom. The third-order valence-corrected chi connectivity index (χ3v) is 4.08. The molecule has 19 heavy (non-hydrogen) atoms. The van der Waals surface area contributed by atoms with E-state index in [1.54, 1.807) is 12.4 Å². The van der Waals surface area contributed by atoms with Gasteiger partial charge in [-0.2, -0.15) is 0 Å². The van der Waals surface area contributed by atoms with Crippen molar-refractivity contribution in [3.05, 3.63) is 65.5 Å². The Balaban J connectivity index is 1.81. The SMILES string of the molecule is OC(Cc1ccncc1)c1ccccc1C1CCC1. The third-order valence-electron chi connectivity index (χ3n) is 4.08. The predicted molar refractivity (Wildman–Crippen MR) is 75.9 cm³/mol. The number of benzene rings is 1. The molecular weight excluding hydrogens is 234 g/mol. The minimum Gasteiger partial charge on any atom is -0.388 e. The predicted octanol–water partition coefficient (Wildman–Crippen LogP) is 3.63. The Kier molecular flexibility index (Phi) is 3.60. The number of nitrogens with zero attached hydrogens (tertiary/aromatic N) is 1. The van der Waals surface area contributed by atoms with Crippen molar-refractivity contribution in [1.29, 1.82) is 0 Å². The molecule has 1 aliphatic rings. The lowest BCUT2D eigenvalue weighted by atomic mass is 9.77. The maximum absolute atomic E-state index is 10.5. The van der Waals surface area contributed by atoms with Gasteiger partial charge in [-0.3, -0.25) is 4.98 Å². The Morgan fingerprint density at radius 2 is 1.84 bits per heavy atom. The van der Waals surface area contributed by atoms with Gasteiger partial charge in [-0.15, -0.1) is 0 Å². The Morgan fingerprint density at radius 1 is 1.11 bits per heavy atom. The minimum atomic E-state index is -0.417. The first kappa shape index (κ1) is 12.4. The van der Waals surface area contributed by atoms with Crippen LogP contribution in [0.4, 0.5) is 0 Å². The van der Waals surface area contributed by atoms with E-state index in [0.717, 1.165) is 11.1 Å². The van der Waals surface area contributed by atoms with Gasteiger partial charge in [-0.1, -0.05) is 30.7 Å². The van der Waals surface area contributed by atoms with Crippen molar-refractivity contribution in [1.82, 2.24) is 4.98 Å². The van der Waals surface area contributed by atoms with Gasteiger partial charge >= 0.3 is 0 Å². The highest BCUT2D eigenvalue weighted by atomic mass is 16.3. The van der Waals surface area contributed by atoms with Crippen LogP contribution in [0.1, 0.15) is 48.0 Å². The van der Waals surface area contributed by atoms with Crippen LogP contribution in [0.5, 0.6) is 0 Å². The second-order valence-electron chi connectivity index (χ2n) is 5.33. The van der Waals surface area contributed by atoms with Crippen LogP contribution in [0.15, 0.2) is 48.8 Å². The molecule has 98 valence electrons. The Labute approximate surface area is 114 Å². The topological polar surface area (TPSA) is 33.1 Å². The molecule has 1 fully saturated rings. The molecule has 0 radical (unpaired) electrons. The molecule has 1 N–H and O–H groups in total. The first-order chi connectivity index (χ1) is 9.34. The van der Waals surface area contributed by atoms with Crippen LogP contribution in [0.2, 0.25) is 0 Å². The summed E-state index contributed by atoms with van der Waals surface area (Å²) in [5.41, 5.74) is 3.57. The van der Waals surface area contributed by atoms with Crippen LogP contribution in [0, 0.1) is 0 Å². The molecule has 1 saturated carbocycles. The zero-order chi connectivity index (χ0) is 13.1. The van der Waals surface area contributed by atoms with Crippen LogP contribution >= 0.6 is 0 Å². The van der Waals surface area contributed by atoms with Crippen LogP contribution < -0.4 is 0 Å². The van der Waals surface area contributed by atoms with Crippen LogP contribution in [-0.2, 0) is 6.42 Å². The third kappa shape index (κ3) is 2.69. The van der Waals surface area contributed by atoms with E-state index in [9.17, 15) is 5.11 Å². The highest BCUT2D eigenvalue weighted by Gasteiger charge is 2.24. The Hall–Kier alpha value is -1.67. The van der Waals surface area contributed by atoms with Crippen molar-refractivity contribution >= 4 is 0 Å². The van der Waals surface area contributed by atoms with Gasteiger partial charge in [0.2, 0.25) is 0 Å². The first-order valence-corrected chi connectivity index (χ1v) is 7.00. The zero-order valence-corrected chi connectivity index (χ0v) is 11.0. The molecule has 0 spiro atoms. The van der Waals surface area contributed by atoms with Gasteiger partial charge in [0.25, 0.3) is 0 Å². The number of aromatic nitrogens is 1. The van der Waals surface area contributed by atoms with Crippen molar-refractivity contribution in [2.24, 2.45) is 0 Å². The summed E-state index contributed by atoms with van der Waals surface area (Å²) in [6.45, 7) is 0.